The molecule has 9 heteroatoms. The summed E-state index contributed by atoms with van der Waals surface area (Å²) in [7, 11) is -3.96. The molecule has 0 heterocycles. The summed E-state index contributed by atoms with van der Waals surface area (Å²) in [5, 5.41) is 7.14. The standard InChI is InChI=1S/C10H12Cl2N2O4S/c1-2-14-8(15)5-18-6-3-4-7(19(13,16)17)10(12)9(6)11/h3-4H,2,5H2,1H3,(H,14,15)(H2,13,16,17). The summed E-state index contributed by atoms with van der Waals surface area (Å²) < 4.78 is 27.5. The number of hydrogen-bond acceptors (Lipinski definition) is 4. The Morgan fingerprint density at radius 3 is 2.53 bits per heavy atom. The van der Waals surface area contributed by atoms with Gasteiger partial charge in [0.25, 0.3) is 5.91 Å². The number of benzene rings is 1. The minimum absolute atomic E-state index is 0.102. The van der Waals surface area contributed by atoms with Gasteiger partial charge in [-0.15, -0.1) is 0 Å². The van der Waals surface area contributed by atoms with Gasteiger partial charge in [0.15, 0.2) is 6.61 Å². The maximum absolute atomic E-state index is 11.2. The first-order valence-electron chi connectivity index (χ1n) is 5.17. The Morgan fingerprint density at radius 1 is 1.37 bits per heavy atom. The summed E-state index contributed by atoms with van der Waals surface area (Å²) in [5.41, 5.74) is 0. The zero-order valence-electron chi connectivity index (χ0n) is 9.94. The van der Waals surface area contributed by atoms with E-state index < -0.39 is 10.0 Å². The first-order valence-corrected chi connectivity index (χ1v) is 7.48. The van der Waals surface area contributed by atoms with E-state index in [1.54, 1.807) is 6.92 Å². The van der Waals surface area contributed by atoms with E-state index in [-0.39, 0.29) is 33.2 Å². The molecule has 0 spiro atoms. The molecule has 0 aromatic heterocycles. The molecule has 0 unspecified atom stereocenters. The Hall–Kier alpha value is -1.02. The average Bonchev–Trinajstić information content (AvgIpc) is 2.29. The van der Waals surface area contributed by atoms with Crippen molar-refractivity contribution in [3.63, 3.8) is 0 Å². The lowest BCUT2D eigenvalue weighted by molar-refractivity contribution is -0.122. The molecule has 0 aliphatic carbocycles. The summed E-state index contributed by atoms with van der Waals surface area (Å²) >= 11 is 11.6. The van der Waals surface area contributed by atoms with Gasteiger partial charge in [-0.25, -0.2) is 13.6 Å². The molecule has 0 bridgehead atoms. The van der Waals surface area contributed by atoms with Gasteiger partial charge in [0, 0.05) is 6.54 Å². The van der Waals surface area contributed by atoms with Crippen molar-refractivity contribution < 1.29 is 17.9 Å². The molecule has 0 aliphatic heterocycles. The maximum Gasteiger partial charge on any atom is 0.257 e. The molecule has 3 N–H and O–H groups in total. The highest BCUT2D eigenvalue weighted by Crippen LogP contribution is 2.36. The number of carbonyl (C=O) groups excluding carboxylic acids is 1. The number of sulfonamides is 1. The number of likely N-dealkylation sites (N-methyl/N-ethyl adjacent to an activating group) is 1. The van der Waals surface area contributed by atoms with Crippen LogP contribution in [0.4, 0.5) is 0 Å². The van der Waals surface area contributed by atoms with Gasteiger partial charge in [0.1, 0.15) is 15.7 Å². The molecule has 6 nitrogen and oxygen atoms in total. The van der Waals surface area contributed by atoms with Crippen molar-refractivity contribution >= 4 is 39.1 Å². The lowest BCUT2D eigenvalue weighted by Gasteiger charge is -2.10. The molecule has 0 fully saturated rings. The quantitative estimate of drug-likeness (QED) is 0.848. The fourth-order valence-electron chi connectivity index (χ4n) is 1.24. The lowest BCUT2D eigenvalue weighted by atomic mass is 10.3. The van der Waals surface area contributed by atoms with E-state index in [1.165, 1.54) is 6.07 Å². The van der Waals surface area contributed by atoms with Crippen LogP contribution in [0, 0.1) is 0 Å². The third kappa shape index (κ3) is 4.24. The molecule has 0 radical (unpaired) electrons. The fourth-order valence-corrected chi connectivity index (χ4v) is 2.60. The lowest BCUT2D eigenvalue weighted by Crippen LogP contribution is -2.28. The Balaban J connectivity index is 2.95. The molecule has 0 aliphatic rings. The summed E-state index contributed by atoms with van der Waals surface area (Å²) in [6, 6.07) is 2.45. The molecular weight excluding hydrogens is 315 g/mol. The summed E-state index contributed by atoms with van der Waals surface area (Å²) in [4.78, 5) is 10.9. The minimum atomic E-state index is -3.96. The van der Waals surface area contributed by atoms with Crippen LogP contribution in [0.15, 0.2) is 17.0 Å². The molecule has 1 aromatic rings. The smallest absolute Gasteiger partial charge is 0.257 e. The summed E-state index contributed by atoms with van der Waals surface area (Å²) in [6.07, 6.45) is 0. The van der Waals surface area contributed by atoms with Gasteiger partial charge in [-0.2, -0.15) is 0 Å². The van der Waals surface area contributed by atoms with Crippen LogP contribution >= 0.6 is 23.2 Å². The van der Waals surface area contributed by atoms with Crippen LogP contribution in [-0.4, -0.2) is 27.5 Å². The largest absolute Gasteiger partial charge is 0.482 e. The average molecular weight is 327 g/mol. The first-order chi connectivity index (χ1) is 8.77. The highest BCUT2D eigenvalue weighted by atomic mass is 35.5. The third-order valence-corrected chi connectivity index (χ3v) is 3.98. The SMILES string of the molecule is CCNC(=O)COc1ccc(S(N)(=O)=O)c(Cl)c1Cl. The highest BCUT2D eigenvalue weighted by molar-refractivity contribution is 7.89. The van der Waals surface area contributed by atoms with Gasteiger partial charge in [-0.05, 0) is 19.1 Å². The number of nitrogens with one attached hydrogen (secondary N) is 1. The third-order valence-electron chi connectivity index (χ3n) is 2.05. The van der Waals surface area contributed by atoms with E-state index >= 15 is 0 Å². The Labute approximate surface area is 120 Å². The van der Waals surface area contributed by atoms with Gasteiger partial charge >= 0.3 is 0 Å². The van der Waals surface area contributed by atoms with Crippen molar-refractivity contribution in [2.75, 3.05) is 13.2 Å². The number of halogens is 2. The van der Waals surface area contributed by atoms with Crippen molar-refractivity contribution in [3.05, 3.63) is 22.2 Å². The van der Waals surface area contributed by atoms with Crippen LogP contribution in [0.3, 0.4) is 0 Å². The van der Waals surface area contributed by atoms with Crippen LogP contribution in [0.1, 0.15) is 6.92 Å². The Kier molecular flexibility index (Phi) is 5.42. The van der Waals surface area contributed by atoms with Crippen LogP contribution in [0.2, 0.25) is 10.0 Å². The van der Waals surface area contributed by atoms with Crippen molar-refractivity contribution in [1.82, 2.24) is 5.32 Å². The van der Waals surface area contributed by atoms with Crippen LogP contribution in [0.5, 0.6) is 5.75 Å². The maximum atomic E-state index is 11.2. The van der Waals surface area contributed by atoms with Crippen molar-refractivity contribution in [3.8, 4) is 5.75 Å². The number of ether oxygens (including phenoxy) is 1. The molecule has 1 aromatic carbocycles. The second-order valence-corrected chi connectivity index (χ2v) is 5.76. The minimum Gasteiger partial charge on any atom is -0.482 e. The van der Waals surface area contributed by atoms with Gasteiger partial charge in [0.2, 0.25) is 10.0 Å². The van der Waals surface area contributed by atoms with E-state index in [9.17, 15) is 13.2 Å². The van der Waals surface area contributed by atoms with Gasteiger partial charge in [-0.3, -0.25) is 4.79 Å². The predicted octanol–water partition coefficient (Wildman–Crippen LogP) is 1.16. The summed E-state index contributed by atoms with van der Waals surface area (Å²) in [5.74, 6) is -0.226. The number of amides is 1. The van der Waals surface area contributed by atoms with Crippen LogP contribution < -0.4 is 15.2 Å². The normalized spacial score (nSPS) is 11.2. The second-order valence-electron chi connectivity index (χ2n) is 3.48. The molecule has 1 rings (SSSR count). The Morgan fingerprint density at radius 2 is 2.00 bits per heavy atom. The second kappa shape index (κ2) is 6.42. The van der Waals surface area contributed by atoms with E-state index in [0.29, 0.717) is 6.54 Å². The number of carbonyl (C=O) groups is 1. The van der Waals surface area contributed by atoms with Gasteiger partial charge in [-0.1, -0.05) is 23.2 Å². The van der Waals surface area contributed by atoms with Crippen molar-refractivity contribution in [2.24, 2.45) is 5.14 Å². The van der Waals surface area contributed by atoms with Crippen LogP contribution in [-0.2, 0) is 14.8 Å². The fraction of sp³-hybridized carbons (Fsp3) is 0.300. The number of nitrogens with two attached hydrogens (primary N) is 1. The van der Waals surface area contributed by atoms with Crippen molar-refractivity contribution in [1.29, 1.82) is 0 Å². The zero-order chi connectivity index (χ0) is 14.6. The molecule has 1 amide bonds. The number of rotatable bonds is 5. The van der Waals surface area contributed by atoms with E-state index in [4.69, 9.17) is 33.1 Å². The monoisotopic (exact) mass is 326 g/mol. The molecule has 0 saturated carbocycles. The number of hydrogen-bond donors (Lipinski definition) is 2. The zero-order valence-corrected chi connectivity index (χ0v) is 12.3. The molecule has 0 atom stereocenters. The van der Waals surface area contributed by atoms with E-state index in [2.05, 4.69) is 5.32 Å². The highest BCUT2D eigenvalue weighted by Gasteiger charge is 2.18. The first kappa shape index (κ1) is 16.0. The van der Waals surface area contributed by atoms with Gasteiger partial charge < -0.3 is 10.1 Å². The summed E-state index contributed by atoms with van der Waals surface area (Å²) in [6.45, 7) is 1.99. The molecule has 106 valence electrons. The predicted molar refractivity (Wildman–Crippen MR) is 72.0 cm³/mol. The molecule has 0 saturated heterocycles. The Bertz CT molecular complexity index is 589. The molecule has 19 heavy (non-hydrogen) atoms. The van der Waals surface area contributed by atoms with Gasteiger partial charge in [0.05, 0.1) is 5.02 Å². The van der Waals surface area contributed by atoms with Crippen LogP contribution in [0.25, 0.3) is 0 Å². The van der Waals surface area contributed by atoms with E-state index in [1.807, 2.05) is 0 Å². The van der Waals surface area contributed by atoms with Crippen molar-refractivity contribution in [2.45, 2.75) is 11.8 Å². The topological polar surface area (TPSA) is 98.5 Å². The van der Waals surface area contributed by atoms with E-state index in [0.717, 1.165) is 6.07 Å². The molecular formula is C10H12Cl2N2O4S. The number of primary sulfonamides is 1.